The van der Waals surface area contributed by atoms with Gasteiger partial charge in [-0.05, 0) is 37.8 Å². The fourth-order valence-corrected chi connectivity index (χ4v) is 2.95. The van der Waals surface area contributed by atoms with Crippen LogP contribution >= 0.6 is 0 Å². The SMILES string of the molecule is CC(Nc1ccccc1-n1ccnn1)C1CCCC1. The zero-order chi connectivity index (χ0) is 13.1. The van der Waals surface area contributed by atoms with Crippen LogP contribution in [0, 0.1) is 5.92 Å². The molecule has 0 bridgehead atoms. The van der Waals surface area contributed by atoms with Crippen LogP contribution in [-0.4, -0.2) is 21.0 Å². The van der Waals surface area contributed by atoms with Crippen molar-refractivity contribution in [2.75, 3.05) is 5.32 Å². The summed E-state index contributed by atoms with van der Waals surface area (Å²) in [6.07, 6.45) is 9.03. The Morgan fingerprint density at radius 1 is 1.26 bits per heavy atom. The summed E-state index contributed by atoms with van der Waals surface area (Å²) < 4.78 is 1.81. The van der Waals surface area contributed by atoms with Crippen LogP contribution in [0.2, 0.25) is 0 Å². The largest absolute Gasteiger partial charge is 0.381 e. The Kier molecular flexibility index (Phi) is 3.49. The molecule has 1 saturated carbocycles. The van der Waals surface area contributed by atoms with Gasteiger partial charge < -0.3 is 5.32 Å². The van der Waals surface area contributed by atoms with E-state index < -0.39 is 0 Å². The third kappa shape index (κ3) is 2.62. The summed E-state index contributed by atoms with van der Waals surface area (Å²) in [4.78, 5) is 0. The van der Waals surface area contributed by atoms with Gasteiger partial charge in [0, 0.05) is 6.04 Å². The van der Waals surface area contributed by atoms with E-state index in [1.165, 1.54) is 25.7 Å². The van der Waals surface area contributed by atoms with Crippen LogP contribution in [0.25, 0.3) is 5.69 Å². The van der Waals surface area contributed by atoms with Gasteiger partial charge in [0.25, 0.3) is 0 Å². The molecule has 1 heterocycles. The van der Waals surface area contributed by atoms with Gasteiger partial charge in [-0.1, -0.05) is 30.2 Å². The van der Waals surface area contributed by atoms with Crippen LogP contribution in [0.5, 0.6) is 0 Å². The summed E-state index contributed by atoms with van der Waals surface area (Å²) in [5.41, 5.74) is 2.19. The van der Waals surface area contributed by atoms with Crippen LogP contribution in [-0.2, 0) is 0 Å². The number of para-hydroxylation sites is 2. The summed E-state index contributed by atoms with van der Waals surface area (Å²) in [5.74, 6) is 0.795. The van der Waals surface area contributed by atoms with E-state index in [4.69, 9.17) is 0 Å². The minimum Gasteiger partial charge on any atom is -0.381 e. The molecule has 1 N–H and O–H groups in total. The van der Waals surface area contributed by atoms with E-state index in [0.717, 1.165) is 17.3 Å². The van der Waals surface area contributed by atoms with Crippen molar-refractivity contribution >= 4 is 5.69 Å². The van der Waals surface area contributed by atoms with Gasteiger partial charge >= 0.3 is 0 Å². The quantitative estimate of drug-likeness (QED) is 0.913. The molecule has 1 fully saturated rings. The maximum absolute atomic E-state index is 4.08. The van der Waals surface area contributed by atoms with Crippen molar-refractivity contribution in [3.05, 3.63) is 36.7 Å². The predicted octanol–water partition coefficient (Wildman–Crippen LogP) is 3.26. The topological polar surface area (TPSA) is 42.7 Å². The molecule has 0 amide bonds. The lowest BCUT2D eigenvalue weighted by Crippen LogP contribution is -2.24. The van der Waals surface area contributed by atoms with E-state index >= 15 is 0 Å². The van der Waals surface area contributed by atoms with E-state index in [1.54, 1.807) is 6.20 Å². The lowest BCUT2D eigenvalue weighted by Gasteiger charge is -2.23. The first-order chi connectivity index (χ1) is 9.34. The smallest absolute Gasteiger partial charge is 0.0894 e. The Bertz CT molecular complexity index is 515. The lowest BCUT2D eigenvalue weighted by molar-refractivity contribution is 0.482. The molecule has 0 radical (unpaired) electrons. The van der Waals surface area contributed by atoms with Gasteiger partial charge in [0.15, 0.2) is 0 Å². The molecule has 0 saturated heterocycles. The van der Waals surface area contributed by atoms with Crippen LogP contribution in [0.15, 0.2) is 36.7 Å². The van der Waals surface area contributed by atoms with Crippen LogP contribution in [0.1, 0.15) is 32.6 Å². The van der Waals surface area contributed by atoms with Gasteiger partial charge in [-0.2, -0.15) is 0 Å². The minimum atomic E-state index is 0.507. The Hall–Kier alpha value is -1.84. The van der Waals surface area contributed by atoms with Gasteiger partial charge in [0.1, 0.15) is 0 Å². The standard InChI is InChI=1S/C15H20N4/c1-12(13-6-2-3-7-13)17-14-8-4-5-9-15(14)19-11-10-16-18-19/h4-5,8-13,17H,2-3,6-7H2,1H3. The lowest BCUT2D eigenvalue weighted by atomic mass is 9.99. The predicted molar refractivity (Wildman–Crippen MR) is 76.4 cm³/mol. The highest BCUT2D eigenvalue weighted by molar-refractivity contribution is 5.60. The number of rotatable bonds is 4. The second-order valence-electron chi connectivity index (χ2n) is 5.34. The summed E-state index contributed by atoms with van der Waals surface area (Å²) in [7, 11) is 0. The molecule has 4 heteroatoms. The van der Waals surface area contributed by atoms with Gasteiger partial charge in [0.05, 0.1) is 23.8 Å². The van der Waals surface area contributed by atoms with Crippen LogP contribution < -0.4 is 5.32 Å². The minimum absolute atomic E-state index is 0.507. The molecule has 1 aliphatic carbocycles. The zero-order valence-electron chi connectivity index (χ0n) is 11.3. The van der Waals surface area contributed by atoms with Crippen molar-refractivity contribution in [1.29, 1.82) is 0 Å². The average Bonchev–Trinajstić information content (AvgIpc) is 3.13. The molecule has 4 nitrogen and oxygen atoms in total. The third-order valence-electron chi connectivity index (χ3n) is 4.06. The summed E-state index contributed by atoms with van der Waals surface area (Å²) >= 11 is 0. The van der Waals surface area contributed by atoms with Gasteiger partial charge in [0.2, 0.25) is 0 Å². The summed E-state index contributed by atoms with van der Waals surface area (Å²) in [5, 5.41) is 11.6. The maximum atomic E-state index is 4.08. The highest BCUT2D eigenvalue weighted by Gasteiger charge is 2.22. The Morgan fingerprint density at radius 2 is 2.05 bits per heavy atom. The van der Waals surface area contributed by atoms with E-state index in [0.29, 0.717) is 6.04 Å². The Morgan fingerprint density at radius 3 is 2.79 bits per heavy atom. The molecule has 1 aliphatic rings. The molecule has 1 atom stereocenters. The number of hydrogen-bond acceptors (Lipinski definition) is 3. The second kappa shape index (κ2) is 5.43. The van der Waals surface area contributed by atoms with Crippen LogP contribution in [0.4, 0.5) is 5.69 Å². The van der Waals surface area contributed by atoms with Gasteiger partial charge in [-0.3, -0.25) is 0 Å². The number of nitrogens with zero attached hydrogens (tertiary/aromatic N) is 3. The van der Waals surface area contributed by atoms with Gasteiger partial charge in [-0.15, -0.1) is 5.10 Å². The van der Waals surface area contributed by atoms with Crippen molar-refractivity contribution in [2.45, 2.75) is 38.6 Å². The molecule has 2 aromatic rings. The van der Waals surface area contributed by atoms with E-state index in [9.17, 15) is 0 Å². The average molecular weight is 256 g/mol. The number of benzene rings is 1. The molecule has 0 spiro atoms. The molecule has 19 heavy (non-hydrogen) atoms. The van der Waals surface area contributed by atoms with E-state index in [-0.39, 0.29) is 0 Å². The molecule has 0 aliphatic heterocycles. The molecule has 1 aromatic heterocycles. The summed E-state index contributed by atoms with van der Waals surface area (Å²) in [6.45, 7) is 2.29. The molecule has 100 valence electrons. The van der Waals surface area contributed by atoms with E-state index in [1.807, 2.05) is 16.9 Å². The Balaban J connectivity index is 1.80. The van der Waals surface area contributed by atoms with Gasteiger partial charge in [-0.25, -0.2) is 4.68 Å². The first kappa shape index (κ1) is 12.2. The monoisotopic (exact) mass is 256 g/mol. The normalized spacial score (nSPS) is 17.5. The zero-order valence-corrected chi connectivity index (χ0v) is 11.3. The second-order valence-corrected chi connectivity index (χ2v) is 5.34. The van der Waals surface area contributed by atoms with Crippen molar-refractivity contribution in [2.24, 2.45) is 5.92 Å². The highest BCUT2D eigenvalue weighted by atomic mass is 15.4. The number of hydrogen-bond donors (Lipinski definition) is 1. The van der Waals surface area contributed by atoms with Crippen molar-refractivity contribution in [3.8, 4) is 5.69 Å². The van der Waals surface area contributed by atoms with E-state index in [2.05, 4.69) is 40.8 Å². The van der Waals surface area contributed by atoms with Crippen molar-refractivity contribution < 1.29 is 0 Å². The number of nitrogens with one attached hydrogen (secondary N) is 1. The third-order valence-corrected chi connectivity index (χ3v) is 4.06. The molecule has 3 rings (SSSR count). The number of aromatic nitrogens is 3. The Labute approximate surface area is 113 Å². The molecular weight excluding hydrogens is 236 g/mol. The fourth-order valence-electron chi connectivity index (χ4n) is 2.95. The first-order valence-electron chi connectivity index (χ1n) is 7.07. The van der Waals surface area contributed by atoms with Crippen molar-refractivity contribution in [1.82, 2.24) is 15.0 Å². The summed E-state index contributed by atoms with van der Waals surface area (Å²) in [6, 6.07) is 8.78. The fraction of sp³-hybridized carbons (Fsp3) is 0.467. The molecule has 1 unspecified atom stereocenters. The first-order valence-corrected chi connectivity index (χ1v) is 7.07. The van der Waals surface area contributed by atoms with Crippen molar-refractivity contribution in [3.63, 3.8) is 0 Å². The molecular formula is C15H20N4. The number of anilines is 1. The highest BCUT2D eigenvalue weighted by Crippen LogP contribution is 2.30. The molecule has 1 aromatic carbocycles. The maximum Gasteiger partial charge on any atom is 0.0894 e. The van der Waals surface area contributed by atoms with Crippen LogP contribution in [0.3, 0.4) is 0 Å².